The summed E-state index contributed by atoms with van der Waals surface area (Å²) >= 11 is 8.42. The lowest BCUT2D eigenvalue weighted by atomic mass is 9.98. The summed E-state index contributed by atoms with van der Waals surface area (Å²) in [7, 11) is 0. The van der Waals surface area contributed by atoms with Crippen LogP contribution in [0.5, 0.6) is 5.75 Å². The van der Waals surface area contributed by atoms with Gasteiger partial charge in [-0.3, -0.25) is 9.59 Å². The van der Waals surface area contributed by atoms with Gasteiger partial charge in [-0.05, 0) is 37.3 Å². The number of hydrogen-bond donors (Lipinski definition) is 1. The van der Waals surface area contributed by atoms with Crippen LogP contribution in [0.3, 0.4) is 0 Å². The Bertz CT molecular complexity index is 679. The molecule has 0 aromatic carbocycles. The molecule has 26 heavy (non-hydrogen) atoms. The zero-order valence-corrected chi connectivity index (χ0v) is 17.4. The fourth-order valence-corrected chi connectivity index (χ4v) is 2.80. The highest BCUT2D eigenvalue weighted by atomic mass is 79.9. The fraction of sp³-hybridized carbons (Fsp3) is 0.588. The van der Waals surface area contributed by atoms with Crippen LogP contribution < -0.4 is 10.1 Å². The van der Waals surface area contributed by atoms with Crippen molar-refractivity contribution in [1.29, 1.82) is 0 Å². The van der Waals surface area contributed by atoms with Gasteiger partial charge in [0.25, 0.3) is 0 Å². The molecule has 146 valence electrons. The molecule has 5 nitrogen and oxygen atoms in total. The standard InChI is InChI=1S/C17H22BrClF2N2O3/c1-9(2)8-12-14(23-13(25)6-5-7-18)10(3)22-16(17(19,20)21)15(12)26-11(4)24/h9H,5-8H2,1-4H3,(H,23,25). The van der Waals surface area contributed by atoms with Gasteiger partial charge >= 0.3 is 11.4 Å². The van der Waals surface area contributed by atoms with Crippen molar-refractivity contribution in [1.82, 2.24) is 4.98 Å². The number of ether oxygens (including phenoxy) is 1. The van der Waals surface area contributed by atoms with Crippen molar-refractivity contribution in [3.63, 3.8) is 0 Å². The van der Waals surface area contributed by atoms with Crippen LogP contribution in [-0.2, 0) is 21.4 Å². The Morgan fingerprint density at radius 3 is 2.46 bits per heavy atom. The first-order chi connectivity index (χ1) is 12.0. The molecule has 1 amide bonds. The SMILES string of the molecule is CC(=O)Oc1c(C(F)(F)Cl)nc(C)c(NC(=O)CCCBr)c1CC(C)C. The number of carbonyl (C=O) groups is 2. The van der Waals surface area contributed by atoms with Gasteiger partial charge in [0.2, 0.25) is 5.91 Å². The summed E-state index contributed by atoms with van der Waals surface area (Å²) in [5, 5.41) is -0.451. The molecule has 0 saturated carbocycles. The normalized spacial score (nSPS) is 11.6. The van der Waals surface area contributed by atoms with Crippen LogP contribution >= 0.6 is 27.5 Å². The van der Waals surface area contributed by atoms with Crippen molar-refractivity contribution >= 4 is 45.1 Å². The average molecular weight is 456 g/mol. The number of rotatable bonds is 8. The number of nitrogens with one attached hydrogen (secondary N) is 1. The number of nitrogens with zero attached hydrogens (tertiary/aromatic N) is 1. The summed E-state index contributed by atoms with van der Waals surface area (Å²) in [6, 6.07) is 0. The summed E-state index contributed by atoms with van der Waals surface area (Å²) in [5.41, 5.74) is -0.0931. The number of aryl methyl sites for hydroxylation is 1. The van der Waals surface area contributed by atoms with Crippen molar-refractivity contribution in [2.45, 2.75) is 52.3 Å². The Kier molecular flexibility index (Phi) is 8.40. The van der Waals surface area contributed by atoms with Gasteiger partial charge in [0.15, 0.2) is 11.4 Å². The van der Waals surface area contributed by atoms with Crippen LogP contribution in [0.15, 0.2) is 0 Å². The largest absolute Gasteiger partial charge is 0.424 e. The molecule has 0 fully saturated rings. The average Bonchev–Trinajstić information content (AvgIpc) is 2.49. The second-order valence-corrected chi connectivity index (χ2v) is 7.53. The number of halogens is 4. The molecule has 0 aliphatic carbocycles. The second-order valence-electron chi connectivity index (χ2n) is 6.26. The minimum absolute atomic E-state index is 0.0427. The summed E-state index contributed by atoms with van der Waals surface area (Å²) in [6.45, 7) is 6.35. The van der Waals surface area contributed by atoms with Gasteiger partial charge in [0, 0.05) is 24.2 Å². The third kappa shape index (κ3) is 6.46. The Morgan fingerprint density at radius 1 is 1.38 bits per heavy atom. The van der Waals surface area contributed by atoms with E-state index in [1.807, 2.05) is 13.8 Å². The van der Waals surface area contributed by atoms with Gasteiger partial charge in [0.1, 0.15) is 0 Å². The zero-order valence-electron chi connectivity index (χ0n) is 15.1. The minimum Gasteiger partial charge on any atom is -0.424 e. The minimum atomic E-state index is -3.82. The summed E-state index contributed by atoms with van der Waals surface area (Å²) < 4.78 is 32.7. The van der Waals surface area contributed by atoms with E-state index in [0.717, 1.165) is 6.92 Å². The van der Waals surface area contributed by atoms with Gasteiger partial charge in [0.05, 0.1) is 11.4 Å². The van der Waals surface area contributed by atoms with Crippen molar-refractivity contribution in [3.05, 3.63) is 17.0 Å². The first-order valence-corrected chi connectivity index (χ1v) is 9.62. The lowest BCUT2D eigenvalue weighted by molar-refractivity contribution is -0.132. The third-order valence-corrected chi connectivity index (χ3v) is 4.10. The van der Waals surface area contributed by atoms with Crippen molar-refractivity contribution in [2.75, 3.05) is 10.6 Å². The highest BCUT2D eigenvalue weighted by Gasteiger charge is 2.37. The Morgan fingerprint density at radius 2 is 2.00 bits per heavy atom. The number of hydrogen-bond acceptors (Lipinski definition) is 4. The molecule has 1 rings (SSSR count). The predicted octanol–water partition coefficient (Wildman–Crippen LogP) is 4.92. The number of pyridine rings is 1. The number of anilines is 1. The van der Waals surface area contributed by atoms with Crippen molar-refractivity contribution in [3.8, 4) is 5.75 Å². The monoisotopic (exact) mass is 454 g/mol. The Balaban J connectivity index is 3.56. The van der Waals surface area contributed by atoms with Crippen molar-refractivity contribution < 1.29 is 23.1 Å². The molecule has 1 N–H and O–H groups in total. The van der Waals surface area contributed by atoms with E-state index in [9.17, 15) is 18.4 Å². The van der Waals surface area contributed by atoms with E-state index < -0.39 is 22.8 Å². The molecular formula is C17H22BrClF2N2O3. The van der Waals surface area contributed by atoms with Crippen molar-refractivity contribution in [2.24, 2.45) is 5.92 Å². The second kappa shape index (κ2) is 9.60. The number of carbonyl (C=O) groups excluding carboxylic acids is 2. The maximum Gasteiger partial charge on any atom is 0.368 e. The molecule has 0 radical (unpaired) electrons. The summed E-state index contributed by atoms with van der Waals surface area (Å²) in [5.74, 6) is -1.41. The van der Waals surface area contributed by atoms with E-state index in [-0.39, 0.29) is 35.2 Å². The summed E-state index contributed by atoms with van der Waals surface area (Å²) in [4.78, 5) is 27.4. The Labute approximate surface area is 165 Å². The van der Waals surface area contributed by atoms with Gasteiger partial charge < -0.3 is 10.1 Å². The van der Waals surface area contributed by atoms with E-state index in [1.54, 1.807) is 0 Å². The lowest BCUT2D eigenvalue weighted by Gasteiger charge is -2.22. The summed E-state index contributed by atoms with van der Waals surface area (Å²) in [6.07, 6.45) is 1.16. The molecule has 0 saturated heterocycles. The van der Waals surface area contributed by atoms with Crippen LogP contribution in [-0.4, -0.2) is 22.2 Å². The zero-order chi connectivity index (χ0) is 20.1. The van der Waals surface area contributed by atoms with E-state index >= 15 is 0 Å². The van der Waals surface area contributed by atoms with E-state index in [4.69, 9.17) is 16.3 Å². The van der Waals surface area contributed by atoms with Gasteiger partial charge in [-0.15, -0.1) is 0 Å². The van der Waals surface area contributed by atoms with Gasteiger partial charge in [-0.2, -0.15) is 8.78 Å². The van der Waals surface area contributed by atoms with Crippen LogP contribution in [0.4, 0.5) is 14.5 Å². The quantitative estimate of drug-likeness (QED) is 0.446. The molecule has 9 heteroatoms. The number of amides is 1. The number of aromatic nitrogens is 1. The lowest BCUT2D eigenvalue weighted by Crippen LogP contribution is -2.21. The van der Waals surface area contributed by atoms with Crippen LogP contribution in [0.1, 0.15) is 50.6 Å². The van der Waals surface area contributed by atoms with E-state index in [2.05, 4.69) is 26.2 Å². The third-order valence-electron chi connectivity index (χ3n) is 3.36. The highest BCUT2D eigenvalue weighted by Crippen LogP contribution is 2.43. The van der Waals surface area contributed by atoms with Crippen LogP contribution in [0.25, 0.3) is 0 Å². The topological polar surface area (TPSA) is 68.3 Å². The molecule has 0 atom stereocenters. The smallest absolute Gasteiger partial charge is 0.368 e. The molecule has 0 bridgehead atoms. The fourth-order valence-electron chi connectivity index (χ4n) is 2.39. The number of alkyl halides is 4. The molecule has 1 aromatic heterocycles. The predicted molar refractivity (Wildman–Crippen MR) is 100 cm³/mol. The number of esters is 1. The molecule has 0 spiro atoms. The van der Waals surface area contributed by atoms with Crippen LogP contribution in [0.2, 0.25) is 0 Å². The van der Waals surface area contributed by atoms with Gasteiger partial charge in [-0.1, -0.05) is 29.8 Å². The Hall–Kier alpha value is -1.28. The maximum absolute atomic E-state index is 13.8. The van der Waals surface area contributed by atoms with Gasteiger partial charge in [-0.25, -0.2) is 4.98 Å². The molecule has 0 aliphatic rings. The maximum atomic E-state index is 13.8. The van der Waals surface area contributed by atoms with E-state index in [0.29, 0.717) is 18.2 Å². The molecule has 0 aliphatic heterocycles. The molecular weight excluding hydrogens is 434 g/mol. The molecule has 1 aromatic rings. The first-order valence-electron chi connectivity index (χ1n) is 8.12. The molecule has 0 unspecified atom stereocenters. The van der Waals surface area contributed by atoms with E-state index in [1.165, 1.54) is 6.92 Å². The molecule has 1 heterocycles. The first kappa shape index (κ1) is 22.8. The van der Waals surface area contributed by atoms with Crippen LogP contribution in [0, 0.1) is 12.8 Å². The highest BCUT2D eigenvalue weighted by molar-refractivity contribution is 9.09.